The van der Waals surface area contributed by atoms with E-state index in [9.17, 15) is 4.79 Å². The number of rotatable bonds is 7. The highest BCUT2D eigenvalue weighted by atomic mass is 35.5. The minimum absolute atomic E-state index is 0.0184. The van der Waals surface area contributed by atoms with Crippen molar-refractivity contribution in [2.75, 3.05) is 31.2 Å². The van der Waals surface area contributed by atoms with E-state index >= 15 is 0 Å². The Bertz CT molecular complexity index is 1060. The zero-order valence-electron chi connectivity index (χ0n) is 16.5. The molecule has 0 aliphatic carbocycles. The molecular weight excluding hydrogens is 427 g/mol. The van der Waals surface area contributed by atoms with Crippen molar-refractivity contribution in [3.8, 4) is 5.69 Å². The van der Waals surface area contributed by atoms with Crippen molar-refractivity contribution in [3.63, 3.8) is 0 Å². The number of halogens is 2. The lowest BCUT2D eigenvalue weighted by Gasteiger charge is -2.20. The zero-order chi connectivity index (χ0) is 21.3. The standard InChI is InChI=1S/C21H22Cl2N4O3/c1-13-9-27(10-14(13)11-30-7-4-19(28)29)18-8-17(26-6-5-24-12-26)15-2-3-16(22)20(23)21(15)25-18/h2-3,5-6,8,12-14H,4,7,9-11H2,1H3,(H,28,29)/t13-,14+/m0/s1. The number of hydrogen-bond donors (Lipinski definition) is 1. The summed E-state index contributed by atoms with van der Waals surface area (Å²) in [6, 6.07) is 5.73. The fraction of sp³-hybridized carbons (Fsp3) is 0.381. The highest BCUT2D eigenvalue weighted by molar-refractivity contribution is 6.45. The van der Waals surface area contributed by atoms with Gasteiger partial charge in [-0.1, -0.05) is 30.1 Å². The molecular formula is C21H22Cl2N4O3. The van der Waals surface area contributed by atoms with Gasteiger partial charge in [-0.2, -0.15) is 0 Å². The van der Waals surface area contributed by atoms with Crippen LogP contribution in [0.25, 0.3) is 16.6 Å². The SMILES string of the molecule is C[C@H]1CN(c2cc(-n3ccnc3)c3ccc(Cl)c(Cl)c3n2)C[C@@H]1COCCC(=O)O. The van der Waals surface area contributed by atoms with Gasteiger partial charge in [-0.3, -0.25) is 4.79 Å². The van der Waals surface area contributed by atoms with E-state index < -0.39 is 5.97 Å². The molecule has 1 saturated heterocycles. The zero-order valence-corrected chi connectivity index (χ0v) is 18.0. The number of carboxylic acid groups (broad SMARTS) is 1. The van der Waals surface area contributed by atoms with Crippen LogP contribution in [-0.2, 0) is 9.53 Å². The first-order valence-corrected chi connectivity index (χ1v) is 10.5. The van der Waals surface area contributed by atoms with Gasteiger partial charge in [-0.25, -0.2) is 9.97 Å². The number of imidazole rings is 1. The molecule has 158 valence electrons. The van der Waals surface area contributed by atoms with Gasteiger partial charge in [0.15, 0.2) is 0 Å². The minimum atomic E-state index is -0.848. The smallest absolute Gasteiger partial charge is 0.305 e. The number of fused-ring (bicyclic) bond motifs is 1. The van der Waals surface area contributed by atoms with Gasteiger partial charge in [0.1, 0.15) is 5.82 Å². The number of carboxylic acids is 1. The molecule has 0 saturated carbocycles. The molecule has 1 N–H and O–H groups in total. The fourth-order valence-corrected chi connectivity index (χ4v) is 4.17. The Morgan fingerprint density at radius 1 is 1.33 bits per heavy atom. The Kier molecular flexibility index (Phi) is 6.13. The van der Waals surface area contributed by atoms with Gasteiger partial charge in [0.05, 0.1) is 47.2 Å². The largest absolute Gasteiger partial charge is 0.481 e. The van der Waals surface area contributed by atoms with Gasteiger partial charge in [-0.15, -0.1) is 0 Å². The molecule has 1 aromatic carbocycles. The summed E-state index contributed by atoms with van der Waals surface area (Å²) in [4.78, 5) is 21.9. The number of aliphatic carboxylic acids is 1. The molecule has 3 heterocycles. The second-order valence-electron chi connectivity index (χ2n) is 7.59. The van der Waals surface area contributed by atoms with E-state index in [4.69, 9.17) is 38.0 Å². The molecule has 30 heavy (non-hydrogen) atoms. The summed E-state index contributed by atoms with van der Waals surface area (Å²) in [5, 5.41) is 10.5. The van der Waals surface area contributed by atoms with E-state index in [1.165, 1.54) is 0 Å². The minimum Gasteiger partial charge on any atom is -0.481 e. The van der Waals surface area contributed by atoms with Crippen molar-refractivity contribution in [2.45, 2.75) is 13.3 Å². The number of carbonyl (C=O) groups is 1. The molecule has 0 spiro atoms. The highest BCUT2D eigenvalue weighted by Crippen LogP contribution is 2.36. The van der Waals surface area contributed by atoms with Crippen LogP contribution >= 0.6 is 23.2 Å². The van der Waals surface area contributed by atoms with Crippen LogP contribution in [0.15, 0.2) is 36.9 Å². The lowest BCUT2D eigenvalue weighted by atomic mass is 9.99. The summed E-state index contributed by atoms with van der Waals surface area (Å²) in [7, 11) is 0. The molecule has 1 aliphatic rings. The van der Waals surface area contributed by atoms with Crippen molar-refractivity contribution >= 4 is 45.9 Å². The third-order valence-electron chi connectivity index (χ3n) is 5.50. The van der Waals surface area contributed by atoms with Gasteiger partial charge < -0.3 is 19.3 Å². The normalized spacial score (nSPS) is 19.0. The van der Waals surface area contributed by atoms with Gasteiger partial charge in [0, 0.05) is 42.9 Å². The number of benzene rings is 1. The van der Waals surface area contributed by atoms with E-state index in [0.717, 1.165) is 30.0 Å². The molecule has 3 aromatic rings. The maximum Gasteiger partial charge on any atom is 0.305 e. The first-order valence-electron chi connectivity index (χ1n) is 9.75. The Labute approximate surface area is 184 Å². The number of aromatic nitrogens is 3. The van der Waals surface area contributed by atoms with Gasteiger partial charge in [-0.05, 0) is 18.1 Å². The molecule has 0 amide bonds. The summed E-state index contributed by atoms with van der Waals surface area (Å²) in [6.45, 7) is 4.53. The topological polar surface area (TPSA) is 80.5 Å². The van der Waals surface area contributed by atoms with Crippen LogP contribution in [0.2, 0.25) is 10.0 Å². The second-order valence-corrected chi connectivity index (χ2v) is 8.37. The molecule has 0 radical (unpaired) electrons. The number of ether oxygens (including phenoxy) is 1. The molecule has 1 fully saturated rings. The van der Waals surface area contributed by atoms with Crippen LogP contribution in [-0.4, -0.2) is 51.9 Å². The molecule has 4 rings (SSSR count). The van der Waals surface area contributed by atoms with E-state index in [0.29, 0.717) is 34.0 Å². The number of hydrogen-bond acceptors (Lipinski definition) is 5. The van der Waals surface area contributed by atoms with Crippen LogP contribution < -0.4 is 4.90 Å². The van der Waals surface area contributed by atoms with Crippen LogP contribution in [0, 0.1) is 11.8 Å². The Morgan fingerprint density at radius 3 is 2.90 bits per heavy atom. The fourth-order valence-electron chi connectivity index (χ4n) is 3.81. The van der Waals surface area contributed by atoms with Crippen LogP contribution in [0.3, 0.4) is 0 Å². The van der Waals surface area contributed by atoms with Crippen LogP contribution in [0.4, 0.5) is 5.82 Å². The van der Waals surface area contributed by atoms with Crippen molar-refractivity contribution in [3.05, 3.63) is 47.0 Å². The van der Waals surface area contributed by atoms with Gasteiger partial charge in [0.25, 0.3) is 0 Å². The quantitative estimate of drug-likeness (QED) is 0.542. The maximum absolute atomic E-state index is 10.7. The molecule has 2 aromatic heterocycles. The summed E-state index contributed by atoms with van der Waals surface area (Å²) in [5.41, 5.74) is 1.58. The third kappa shape index (κ3) is 4.24. The molecule has 9 heteroatoms. The summed E-state index contributed by atoms with van der Waals surface area (Å²) >= 11 is 12.8. The third-order valence-corrected chi connectivity index (χ3v) is 6.30. The monoisotopic (exact) mass is 448 g/mol. The Hall–Kier alpha value is -2.35. The molecule has 0 bridgehead atoms. The molecule has 7 nitrogen and oxygen atoms in total. The Morgan fingerprint density at radius 2 is 2.17 bits per heavy atom. The number of nitrogens with zero attached hydrogens (tertiary/aromatic N) is 4. The summed E-state index contributed by atoms with van der Waals surface area (Å²) in [5.74, 6) is 0.649. The summed E-state index contributed by atoms with van der Waals surface area (Å²) in [6.07, 6.45) is 5.37. The van der Waals surface area contributed by atoms with E-state index in [-0.39, 0.29) is 13.0 Å². The van der Waals surface area contributed by atoms with Crippen molar-refractivity contribution < 1.29 is 14.6 Å². The van der Waals surface area contributed by atoms with E-state index in [1.54, 1.807) is 18.6 Å². The predicted octanol–water partition coefficient (Wildman–Crippen LogP) is 4.29. The first-order chi connectivity index (χ1) is 14.4. The average Bonchev–Trinajstić information content (AvgIpc) is 3.37. The predicted molar refractivity (Wildman–Crippen MR) is 117 cm³/mol. The average molecular weight is 449 g/mol. The van der Waals surface area contributed by atoms with Crippen molar-refractivity contribution in [1.29, 1.82) is 0 Å². The molecule has 1 aliphatic heterocycles. The number of pyridine rings is 1. The van der Waals surface area contributed by atoms with Crippen LogP contribution in [0.1, 0.15) is 13.3 Å². The molecule has 2 atom stereocenters. The highest BCUT2D eigenvalue weighted by Gasteiger charge is 2.31. The lowest BCUT2D eigenvalue weighted by molar-refractivity contribution is -0.138. The van der Waals surface area contributed by atoms with Crippen LogP contribution in [0.5, 0.6) is 0 Å². The Balaban J connectivity index is 1.63. The number of anilines is 1. The van der Waals surface area contributed by atoms with Gasteiger partial charge in [0.2, 0.25) is 0 Å². The lowest BCUT2D eigenvalue weighted by Crippen LogP contribution is -2.22. The van der Waals surface area contributed by atoms with E-state index in [2.05, 4.69) is 16.8 Å². The van der Waals surface area contributed by atoms with Crippen molar-refractivity contribution in [2.24, 2.45) is 11.8 Å². The van der Waals surface area contributed by atoms with Gasteiger partial charge >= 0.3 is 5.97 Å². The van der Waals surface area contributed by atoms with Crippen molar-refractivity contribution in [1.82, 2.24) is 14.5 Å². The maximum atomic E-state index is 10.7. The summed E-state index contributed by atoms with van der Waals surface area (Å²) < 4.78 is 7.53. The molecule has 0 unspecified atom stereocenters. The first kappa shape index (κ1) is 20.9. The second kappa shape index (κ2) is 8.79. The van der Waals surface area contributed by atoms with E-state index in [1.807, 2.05) is 22.9 Å².